The number of thiophene rings is 1. The zero-order valence-corrected chi connectivity index (χ0v) is 11.2. The fourth-order valence-corrected chi connectivity index (χ4v) is 3.33. The van der Waals surface area contributed by atoms with Crippen molar-refractivity contribution in [2.75, 3.05) is 5.32 Å². The molecule has 1 aliphatic heterocycles. The fraction of sp³-hybridized carbons (Fsp3) is 0.214. The molecule has 0 saturated heterocycles. The highest BCUT2D eigenvalue weighted by Gasteiger charge is 2.26. The van der Waals surface area contributed by atoms with Crippen LogP contribution >= 0.6 is 22.9 Å². The number of carbonyl (C=O) groups excluding carboxylic acids is 1. The summed E-state index contributed by atoms with van der Waals surface area (Å²) in [4.78, 5) is 13.2. The lowest BCUT2D eigenvalue weighted by atomic mass is 10.0. The van der Waals surface area contributed by atoms with Crippen molar-refractivity contribution in [3.63, 3.8) is 0 Å². The van der Waals surface area contributed by atoms with E-state index in [1.165, 1.54) is 16.9 Å². The maximum absolute atomic E-state index is 12.2. The van der Waals surface area contributed by atoms with Crippen molar-refractivity contribution in [1.29, 1.82) is 0 Å². The number of rotatable bonds is 3. The molecule has 0 fully saturated rings. The lowest BCUT2D eigenvalue weighted by Gasteiger charge is -2.08. The zero-order valence-electron chi connectivity index (χ0n) is 9.65. The van der Waals surface area contributed by atoms with Crippen molar-refractivity contribution in [2.24, 2.45) is 0 Å². The molecule has 1 N–H and O–H groups in total. The Balaban J connectivity index is 1.69. The molecular weight excluding hydrogens is 266 g/mol. The molecule has 1 aliphatic rings. The third-order valence-electron chi connectivity index (χ3n) is 3.14. The van der Waals surface area contributed by atoms with Crippen LogP contribution in [0.1, 0.15) is 10.4 Å². The summed E-state index contributed by atoms with van der Waals surface area (Å²) in [7, 11) is 0. The number of hydrogen-bond acceptors (Lipinski definition) is 3. The number of halogens is 1. The lowest BCUT2D eigenvalue weighted by Crippen LogP contribution is -2.28. The molecule has 0 bridgehead atoms. The van der Waals surface area contributed by atoms with Crippen LogP contribution in [-0.4, -0.2) is 11.8 Å². The van der Waals surface area contributed by atoms with Gasteiger partial charge in [-0.3, -0.25) is 4.79 Å². The fourth-order valence-electron chi connectivity index (χ4n) is 2.23. The quantitative estimate of drug-likeness (QED) is 0.930. The second-order valence-corrected chi connectivity index (χ2v) is 6.21. The number of para-hydroxylation sites is 1. The van der Waals surface area contributed by atoms with E-state index in [1.807, 2.05) is 30.3 Å². The van der Waals surface area contributed by atoms with Crippen LogP contribution in [0, 0.1) is 0 Å². The second-order valence-electron chi connectivity index (χ2n) is 4.41. The van der Waals surface area contributed by atoms with Gasteiger partial charge in [-0.1, -0.05) is 29.8 Å². The van der Waals surface area contributed by atoms with Gasteiger partial charge in [-0.05, 0) is 23.8 Å². The molecular formula is C14H12ClNOS. The first-order valence-electron chi connectivity index (χ1n) is 5.84. The van der Waals surface area contributed by atoms with Gasteiger partial charge in [0.15, 0.2) is 5.78 Å². The number of anilines is 1. The second kappa shape index (κ2) is 4.75. The van der Waals surface area contributed by atoms with Crippen molar-refractivity contribution in [3.8, 4) is 0 Å². The van der Waals surface area contributed by atoms with Crippen molar-refractivity contribution in [1.82, 2.24) is 0 Å². The standard InChI is InChI=1S/C14H12ClNOS/c15-14-6-5-10(18-14)8-13(17)12-7-9-3-1-2-4-11(9)16-12/h1-6,12,16H,7-8H2. The first-order chi connectivity index (χ1) is 8.72. The molecule has 1 aromatic carbocycles. The molecule has 18 heavy (non-hydrogen) atoms. The van der Waals surface area contributed by atoms with Crippen LogP contribution in [0.25, 0.3) is 0 Å². The van der Waals surface area contributed by atoms with Crippen LogP contribution in [0.3, 0.4) is 0 Å². The highest BCUT2D eigenvalue weighted by molar-refractivity contribution is 7.16. The summed E-state index contributed by atoms with van der Waals surface area (Å²) in [5.74, 6) is 0.227. The normalized spacial score (nSPS) is 17.3. The summed E-state index contributed by atoms with van der Waals surface area (Å²) in [6.45, 7) is 0. The predicted octanol–water partition coefficient (Wildman–Crippen LogP) is 3.55. The molecule has 1 unspecified atom stereocenters. The first-order valence-corrected chi connectivity index (χ1v) is 7.03. The minimum atomic E-state index is -0.0942. The van der Waals surface area contributed by atoms with E-state index in [1.54, 1.807) is 0 Å². The summed E-state index contributed by atoms with van der Waals surface area (Å²) in [6, 6.07) is 11.7. The molecule has 0 radical (unpaired) electrons. The lowest BCUT2D eigenvalue weighted by molar-refractivity contribution is -0.119. The number of fused-ring (bicyclic) bond motifs is 1. The van der Waals surface area contributed by atoms with Gasteiger partial charge in [-0.15, -0.1) is 11.3 Å². The van der Waals surface area contributed by atoms with Crippen molar-refractivity contribution in [2.45, 2.75) is 18.9 Å². The predicted molar refractivity (Wildman–Crippen MR) is 75.6 cm³/mol. The van der Waals surface area contributed by atoms with E-state index >= 15 is 0 Å². The Morgan fingerprint density at radius 1 is 1.33 bits per heavy atom. The molecule has 92 valence electrons. The van der Waals surface area contributed by atoms with Gasteiger partial charge >= 0.3 is 0 Å². The number of Topliss-reactive ketones (excluding diaryl/α,β-unsaturated/α-hetero) is 1. The van der Waals surface area contributed by atoms with E-state index in [9.17, 15) is 4.79 Å². The molecule has 2 aromatic rings. The Kier molecular flexibility index (Phi) is 3.10. The molecule has 2 nitrogen and oxygen atoms in total. The summed E-state index contributed by atoms with van der Waals surface area (Å²) in [5.41, 5.74) is 2.31. The molecule has 1 atom stereocenters. The number of carbonyl (C=O) groups is 1. The number of benzene rings is 1. The highest BCUT2D eigenvalue weighted by atomic mass is 35.5. The summed E-state index contributed by atoms with van der Waals surface area (Å²) in [6.07, 6.45) is 1.25. The van der Waals surface area contributed by atoms with Crippen LogP contribution in [-0.2, 0) is 17.6 Å². The van der Waals surface area contributed by atoms with Gasteiger partial charge in [0.1, 0.15) is 0 Å². The van der Waals surface area contributed by atoms with Crippen molar-refractivity contribution in [3.05, 3.63) is 51.2 Å². The van der Waals surface area contributed by atoms with Crippen LogP contribution < -0.4 is 5.32 Å². The molecule has 0 spiro atoms. The maximum atomic E-state index is 12.2. The Labute approximate surface area is 115 Å². The Morgan fingerprint density at radius 3 is 2.89 bits per heavy atom. The van der Waals surface area contributed by atoms with Gasteiger partial charge in [0, 0.05) is 23.4 Å². The Bertz CT molecular complexity index is 568. The van der Waals surface area contributed by atoms with Gasteiger partial charge in [0.2, 0.25) is 0 Å². The van der Waals surface area contributed by atoms with E-state index < -0.39 is 0 Å². The van der Waals surface area contributed by atoms with Crippen molar-refractivity contribution >= 4 is 34.4 Å². The topological polar surface area (TPSA) is 29.1 Å². The third-order valence-corrected chi connectivity index (χ3v) is 4.37. The molecule has 0 amide bonds. The number of ketones is 1. The van der Waals surface area contributed by atoms with Crippen LogP contribution in [0.5, 0.6) is 0 Å². The minimum absolute atomic E-state index is 0.0942. The van der Waals surface area contributed by atoms with E-state index in [-0.39, 0.29) is 11.8 Å². The van der Waals surface area contributed by atoms with E-state index in [2.05, 4.69) is 11.4 Å². The van der Waals surface area contributed by atoms with Gasteiger partial charge < -0.3 is 5.32 Å². The van der Waals surface area contributed by atoms with Gasteiger partial charge in [-0.2, -0.15) is 0 Å². The Morgan fingerprint density at radius 2 is 2.17 bits per heavy atom. The van der Waals surface area contributed by atoms with Crippen LogP contribution in [0.4, 0.5) is 5.69 Å². The average Bonchev–Trinajstić information content (AvgIpc) is 2.95. The van der Waals surface area contributed by atoms with Gasteiger partial charge in [-0.25, -0.2) is 0 Å². The Hall–Kier alpha value is -1.32. The van der Waals surface area contributed by atoms with Crippen LogP contribution in [0.15, 0.2) is 36.4 Å². The molecule has 2 heterocycles. The maximum Gasteiger partial charge on any atom is 0.160 e. The van der Waals surface area contributed by atoms with E-state index in [4.69, 9.17) is 11.6 Å². The molecule has 1 aromatic heterocycles. The van der Waals surface area contributed by atoms with Gasteiger partial charge in [0.25, 0.3) is 0 Å². The van der Waals surface area contributed by atoms with Crippen LogP contribution in [0.2, 0.25) is 4.34 Å². The monoisotopic (exact) mass is 277 g/mol. The van der Waals surface area contributed by atoms with E-state index in [0.29, 0.717) is 6.42 Å². The summed E-state index contributed by atoms with van der Waals surface area (Å²) >= 11 is 7.34. The first kappa shape index (κ1) is 11.8. The SMILES string of the molecule is O=C(Cc1ccc(Cl)s1)C1Cc2ccccc2N1. The molecule has 0 saturated carbocycles. The summed E-state index contributed by atoms with van der Waals surface area (Å²) < 4.78 is 0.737. The molecule has 4 heteroatoms. The van der Waals surface area contributed by atoms with Crippen molar-refractivity contribution < 1.29 is 4.79 Å². The van der Waals surface area contributed by atoms with E-state index in [0.717, 1.165) is 21.3 Å². The molecule has 3 rings (SSSR count). The highest BCUT2D eigenvalue weighted by Crippen LogP contribution is 2.27. The molecule has 0 aliphatic carbocycles. The largest absolute Gasteiger partial charge is 0.375 e. The number of hydrogen-bond donors (Lipinski definition) is 1. The summed E-state index contributed by atoms with van der Waals surface area (Å²) in [5, 5.41) is 3.28. The van der Waals surface area contributed by atoms with Gasteiger partial charge in [0.05, 0.1) is 10.4 Å². The zero-order chi connectivity index (χ0) is 12.5. The smallest absolute Gasteiger partial charge is 0.160 e. The average molecular weight is 278 g/mol. The third kappa shape index (κ3) is 2.28. The number of nitrogens with one attached hydrogen (secondary N) is 1. The minimum Gasteiger partial charge on any atom is -0.375 e.